The second-order valence-corrected chi connectivity index (χ2v) is 3.12. The normalized spacial score (nSPS) is 29.2. The molecule has 1 fully saturated rings. The molecule has 3 heteroatoms. The standard InChI is InChI=1S/C10H14N2O/c1-8-2-3-9(12-6-8)10-7-11-4-5-13-10/h2-3,6,10-11H,4-5,7H2,1H3/t10-/m1/s1/i4D2. The van der Waals surface area contributed by atoms with Crippen LogP contribution in [0.1, 0.15) is 20.1 Å². The Bertz CT molecular complexity index is 330. The van der Waals surface area contributed by atoms with Gasteiger partial charge in [0, 0.05) is 22.0 Å². The number of nitrogens with one attached hydrogen (secondary N) is 1. The molecule has 1 aromatic heterocycles. The van der Waals surface area contributed by atoms with Crippen molar-refractivity contribution in [1.82, 2.24) is 10.3 Å². The summed E-state index contributed by atoms with van der Waals surface area (Å²) < 4.78 is 20.3. The lowest BCUT2D eigenvalue weighted by molar-refractivity contribution is 0.0250. The molecule has 3 nitrogen and oxygen atoms in total. The number of pyridine rings is 1. The Labute approximate surface area is 80.9 Å². The molecule has 70 valence electrons. The van der Waals surface area contributed by atoms with Gasteiger partial charge < -0.3 is 10.1 Å². The van der Waals surface area contributed by atoms with Crippen molar-refractivity contribution in [1.29, 1.82) is 0 Å². The summed E-state index contributed by atoms with van der Waals surface area (Å²) in [5, 5.41) is 2.79. The summed E-state index contributed by atoms with van der Waals surface area (Å²) in [5.74, 6) is 0. The number of rotatable bonds is 1. The Morgan fingerprint density at radius 1 is 1.69 bits per heavy atom. The third kappa shape index (κ3) is 2.05. The van der Waals surface area contributed by atoms with Gasteiger partial charge in [-0.05, 0) is 18.6 Å². The third-order valence-electron chi connectivity index (χ3n) is 2.03. The van der Waals surface area contributed by atoms with Crippen LogP contribution in [0.25, 0.3) is 0 Å². The monoisotopic (exact) mass is 180 g/mol. The largest absolute Gasteiger partial charge is 0.369 e. The molecule has 1 aromatic rings. The van der Waals surface area contributed by atoms with E-state index in [9.17, 15) is 0 Å². The zero-order chi connectivity index (χ0) is 10.9. The SMILES string of the molecule is [2H]C1([2H])CO[C@@H](c2ccc(C)cn2)CN1. The molecule has 0 aromatic carbocycles. The van der Waals surface area contributed by atoms with Crippen molar-refractivity contribution in [3.63, 3.8) is 0 Å². The van der Waals surface area contributed by atoms with Gasteiger partial charge in [0.2, 0.25) is 0 Å². The van der Waals surface area contributed by atoms with Crippen LogP contribution in [0.5, 0.6) is 0 Å². The van der Waals surface area contributed by atoms with Crippen LogP contribution in [0.15, 0.2) is 18.3 Å². The minimum Gasteiger partial charge on any atom is -0.369 e. The number of nitrogens with zero attached hydrogens (tertiary/aromatic N) is 1. The van der Waals surface area contributed by atoms with Gasteiger partial charge >= 0.3 is 0 Å². The maximum Gasteiger partial charge on any atom is 0.112 e. The van der Waals surface area contributed by atoms with Gasteiger partial charge in [0.05, 0.1) is 12.3 Å². The van der Waals surface area contributed by atoms with Gasteiger partial charge in [-0.3, -0.25) is 4.98 Å². The van der Waals surface area contributed by atoms with E-state index >= 15 is 0 Å². The van der Waals surface area contributed by atoms with Gasteiger partial charge in [0.15, 0.2) is 0 Å². The van der Waals surface area contributed by atoms with Crippen molar-refractivity contribution < 1.29 is 7.48 Å². The topological polar surface area (TPSA) is 34.1 Å². The molecule has 0 saturated carbocycles. The van der Waals surface area contributed by atoms with Gasteiger partial charge in [-0.1, -0.05) is 6.07 Å². The molecule has 0 amide bonds. The lowest BCUT2D eigenvalue weighted by Crippen LogP contribution is -2.33. The van der Waals surface area contributed by atoms with Crippen molar-refractivity contribution in [2.75, 3.05) is 19.6 Å². The highest BCUT2D eigenvalue weighted by atomic mass is 16.5. The van der Waals surface area contributed by atoms with Crippen molar-refractivity contribution in [3.8, 4) is 0 Å². The van der Waals surface area contributed by atoms with E-state index in [1.165, 1.54) is 0 Å². The molecule has 0 bridgehead atoms. The summed E-state index contributed by atoms with van der Waals surface area (Å²) >= 11 is 0. The van der Waals surface area contributed by atoms with E-state index in [2.05, 4.69) is 10.3 Å². The van der Waals surface area contributed by atoms with Gasteiger partial charge in [-0.2, -0.15) is 0 Å². The number of ether oxygens (including phenoxy) is 1. The zero-order valence-corrected chi connectivity index (χ0v) is 7.58. The minimum absolute atomic E-state index is 0.0627. The highest BCUT2D eigenvalue weighted by molar-refractivity contribution is 5.14. The zero-order valence-electron chi connectivity index (χ0n) is 9.58. The molecule has 1 aliphatic rings. The van der Waals surface area contributed by atoms with Crippen LogP contribution in [0, 0.1) is 6.92 Å². The van der Waals surface area contributed by atoms with Crippen LogP contribution in [-0.2, 0) is 4.74 Å². The smallest absolute Gasteiger partial charge is 0.112 e. The van der Waals surface area contributed by atoms with Crippen molar-refractivity contribution >= 4 is 0 Å². The Morgan fingerprint density at radius 3 is 3.23 bits per heavy atom. The first kappa shape index (κ1) is 6.51. The molecule has 0 spiro atoms. The number of aromatic nitrogens is 1. The number of morpholine rings is 1. The molecule has 1 saturated heterocycles. The number of hydrogen-bond donors (Lipinski definition) is 1. The molecule has 0 unspecified atom stereocenters. The van der Waals surface area contributed by atoms with Crippen molar-refractivity contribution in [2.45, 2.75) is 13.0 Å². The number of aryl methyl sites for hydroxylation is 1. The Kier molecular flexibility index (Phi) is 1.93. The maximum atomic E-state index is 7.42. The summed E-state index contributed by atoms with van der Waals surface area (Å²) in [5.41, 5.74) is 1.96. The Morgan fingerprint density at radius 2 is 2.62 bits per heavy atom. The molecule has 13 heavy (non-hydrogen) atoms. The summed E-state index contributed by atoms with van der Waals surface area (Å²) in [7, 11) is 0. The van der Waals surface area contributed by atoms with Crippen LogP contribution in [0.4, 0.5) is 0 Å². The van der Waals surface area contributed by atoms with E-state index in [0.29, 0.717) is 6.54 Å². The van der Waals surface area contributed by atoms with Gasteiger partial charge in [-0.25, -0.2) is 0 Å². The highest BCUT2D eigenvalue weighted by Gasteiger charge is 2.15. The molecular formula is C10H14N2O. The molecule has 0 aliphatic carbocycles. The van der Waals surface area contributed by atoms with Crippen LogP contribution >= 0.6 is 0 Å². The maximum absolute atomic E-state index is 7.42. The van der Waals surface area contributed by atoms with Crippen molar-refractivity contribution in [2.24, 2.45) is 0 Å². The van der Waals surface area contributed by atoms with Gasteiger partial charge in [0.25, 0.3) is 0 Å². The first-order valence-corrected chi connectivity index (χ1v) is 4.36. The molecule has 1 atom stereocenters. The van der Waals surface area contributed by atoms with E-state index in [-0.39, 0.29) is 12.7 Å². The fourth-order valence-corrected chi connectivity index (χ4v) is 1.28. The molecule has 2 heterocycles. The van der Waals surface area contributed by atoms with Gasteiger partial charge in [0.1, 0.15) is 6.10 Å². The summed E-state index contributed by atoms with van der Waals surface area (Å²) in [4.78, 5) is 4.26. The van der Waals surface area contributed by atoms with E-state index < -0.39 is 6.50 Å². The predicted molar refractivity (Wildman–Crippen MR) is 50.5 cm³/mol. The second kappa shape index (κ2) is 3.85. The lowest BCUT2D eigenvalue weighted by atomic mass is 10.2. The predicted octanol–water partition coefficient (Wildman–Crippen LogP) is 1.05. The molecule has 2 rings (SSSR count). The van der Waals surface area contributed by atoms with E-state index in [4.69, 9.17) is 7.48 Å². The highest BCUT2D eigenvalue weighted by Crippen LogP contribution is 2.15. The van der Waals surface area contributed by atoms with Crippen LogP contribution < -0.4 is 5.32 Å². The van der Waals surface area contributed by atoms with Gasteiger partial charge in [-0.15, -0.1) is 0 Å². The summed E-state index contributed by atoms with van der Waals surface area (Å²) in [6, 6.07) is 3.90. The molecule has 1 N–H and O–H groups in total. The van der Waals surface area contributed by atoms with E-state index in [0.717, 1.165) is 11.3 Å². The Hall–Kier alpha value is -0.930. The Balaban J connectivity index is 2.04. The first-order valence-electron chi connectivity index (χ1n) is 5.36. The molecule has 1 aliphatic heterocycles. The fraction of sp³-hybridized carbons (Fsp3) is 0.500. The van der Waals surface area contributed by atoms with Crippen LogP contribution in [-0.4, -0.2) is 24.6 Å². The lowest BCUT2D eigenvalue weighted by Gasteiger charge is -2.22. The second-order valence-electron chi connectivity index (χ2n) is 3.12. The van der Waals surface area contributed by atoms with E-state index in [1.54, 1.807) is 6.20 Å². The first-order chi connectivity index (χ1) is 7.07. The quantitative estimate of drug-likeness (QED) is 0.701. The van der Waals surface area contributed by atoms with Crippen LogP contribution in [0.3, 0.4) is 0 Å². The minimum atomic E-state index is -1.42. The van der Waals surface area contributed by atoms with E-state index in [1.807, 2.05) is 19.1 Å². The number of hydrogen-bond acceptors (Lipinski definition) is 3. The van der Waals surface area contributed by atoms with Crippen LogP contribution in [0.2, 0.25) is 0 Å². The fourth-order valence-electron chi connectivity index (χ4n) is 1.28. The molecular weight excluding hydrogens is 164 g/mol. The third-order valence-corrected chi connectivity index (χ3v) is 2.03. The summed E-state index contributed by atoms with van der Waals surface area (Å²) in [6.45, 7) is 1.09. The molecule has 0 radical (unpaired) electrons. The average molecular weight is 180 g/mol. The van der Waals surface area contributed by atoms with Crippen molar-refractivity contribution in [3.05, 3.63) is 29.6 Å². The summed E-state index contributed by atoms with van der Waals surface area (Å²) in [6.07, 6.45) is 1.65. The average Bonchev–Trinajstić information content (AvgIpc) is 2.20.